The fraction of sp³-hybridized carbons (Fsp3) is 0.632. The summed E-state index contributed by atoms with van der Waals surface area (Å²) in [5.41, 5.74) is 3.56. The van der Waals surface area contributed by atoms with Gasteiger partial charge in [-0.2, -0.15) is 5.10 Å². The highest BCUT2D eigenvalue weighted by molar-refractivity contribution is 5.68. The lowest BCUT2D eigenvalue weighted by Gasteiger charge is -2.33. The number of carbonyl (C=O) groups is 1. The Morgan fingerprint density at radius 3 is 2.69 bits per heavy atom. The zero-order chi connectivity index (χ0) is 18.5. The van der Waals surface area contributed by atoms with Crippen molar-refractivity contribution >= 4 is 11.7 Å². The van der Waals surface area contributed by atoms with Gasteiger partial charge in [0.05, 0.1) is 11.4 Å². The normalized spacial score (nSPS) is 18.3. The van der Waals surface area contributed by atoms with E-state index in [0.717, 1.165) is 49.1 Å². The smallest absolute Gasteiger partial charge is 0.410 e. The summed E-state index contributed by atoms with van der Waals surface area (Å²) in [7, 11) is 0. The third-order valence-corrected chi connectivity index (χ3v) is 5.24. The number of hydrogen-bond acceptors (Lipinski definition) is 4. The third kappa shape index (κ3) is 3.10. The summed E-state index contributed by atoms with van der Waals surface area (Å²) < 4.78 is 7.39. The number of H-pyrrole nitrogens is 1. The van der Waals surface area contributed by atoms with Crippen molar-refractivity contribution in [2.45, 2.75) is 64.4 Å². The summed E-state index contributed by atoms with van der Waals surface area (Å²) in [4.78, 5) is 29.2. The Morgan fingerprint density at radius 2 is 2.00 bits per heavy atom. The van der Waals surface area contributed by atoms with E-state index < -0.39 is 5.60 Å². The monoisotopic (exact) mass is 358 g/mol. The molecule has 2 aromatic heterocycles. The van der Waals surface area contributed by atoms with Crippen molar-refractivity contribution in [3.8, 4) is 0 Å². The highest BCUT2D eigenvalue weighted by atomic mass is 16.6. The molecule has 7 heteroatoms. The number of hydrogen-bond donors (Lipinski definition) is 1. The number of aromatic nitrogens is 3. The molecule has 0 radical (unpaired) electrons. The molecule has 0 unspecified atom stereocenters. The molecule has 0 aromatic carbocycles. The maximum atomic E-state index is 12.2. The molecule has 0 atom stereocenters. The Kier molecular flexibility index (Phi) is 4.04. The zero-order valence-corrected chi connectivity index (χ0v) is 15.7. The number of ether oxygens (including phenoxy) is 1. The SMILES string of the molecule is CC(C)(C)OC(=O)N1CCC(c2cc(=O)[nH]c3c4c(nn23)CCC4)CC1. The van der Waals surface area contributed by atoms with Gasteiger partial charge < -0.3 is 14.6 Å². The first kappa shape index (κ1) is 17.1. The van der Waals surface area contributed by atoms with Gasteiger partial charge in [-0.05, 0) is 52.9 Å². The molecule has 1 aliphatic heterocycles. The molecule has 0 bridgehead atoms. The number of piperidine rings is 1. The summed E-state index contributed by atoms with van der Waals surface area (Å²) >= 11 is 0. The van der Waals surface area contributed by atoms with E-state index in [1.165, 1.54) is 5.56 Å². The Hall–Kier alpha value is -2.31. The molecule has 7 nitrogen and oxygen atoms in total. The van der Waals surface area contributed by atoms with Crippen LogP contribution in [0.1, 0.15) is 62.9 Å². The highest BCUT2D eigenvalue weighted by Gasteiger charge is 2.30. The topological polar surface area (TPSA) is 79.7 Å². The van der Waals surface area contributed by atoms with Gasteiger partial charge in [-0.25, -0.2) is 9.31 Å². The Balaban J connectivity index is 1.55. The highest BCUT2D eigenvalue weighted by Crippen LogP contribution is 2.31. The van der Waals surface area contributed by atoms with E-state index in [1.54, 1.807) is 11.0 Å². The molecule has 1 fully saturated rings. The summed E-state index contributed by atoms with van der Waals surface area (Å²) in [6.45, 7) is 6.90. The first-order valence-electron chi connectivity index (χ1n) is 9.43. The van der Waals surface area contributed by atoms with E-state index in [9.17, 15) is 9.59 Å². The molecule has 4 rings (SSSR count). The van der Waals surface area contributed by atoms with Crippen molar-refractivity contribution in [3.63, 3.8) is 0 Å². The van der Waals surface area contributed by atoms with E-state index in [-0.39, 0.29) is 17.6 Å². The molecule has 1 amide bonds. The van der Waals surface area contributed by atoms with Crippen LogP contribution in [0.4, 0.5) is 4.79 Å². The number of aryl methyl sites for hydroxylation is 2. The second-order valence-electron chi connectivity index (χ2n) is 8.34. The van der Waals surface area contributed by atoms with E-state index >= 15 is 0 Å². The number of rotatable bonds is 1. The number of fused-ring (bicyclic) bond motifs is 3. The van der Waals surface area contributed by atoms with E-state index in [0.29, 0.717) is 13.1 Å². The van der Waals surface area contributed by atoms with Crippen LogP contribution in [0, 0.1) is 0 Å². The Morgan fingerprint density at radius 1 is 1.27 bits per heavy atom. The van der Waals surface area contributed by atoms with Crippen LogP contribution >= 0.6 is 0 Å². The Labute approximate surface area is 152 Å². The summed E-state index contributed by atoms with van der Waals surface area (Å²) in [5.74, 6) is 0.221. The van der Waals surface area contributed by atoms with Crippen molar-refractivity contribution in [3.05, 3.63) is 33.4 Å². The first-order chi connectivity index (χ1) is 12.3. The van der Waals surface area contributed by atoms with Crippen LogP contribution in [-0.2, 0) is 17.6 Å². The summed E-state index contributed by atoms with van der Waals surface area (Å²) in [5, 5.41) is 4.75. The van der Waals surface area contributed by atoms with Gasteiger partial charge >= 0.3 is 6.09 Å². The van der Waals surface area contributed by atoms with Gasteiger partial charge in [0.2, 0.25) is 0 Å². The van der Waals surface area contributed by atoms with Crippen molar-refractivity contribution in [1.82, 2.24) is 19.5 Å². The number of aromatic amines is 1. The lowest BCUT2D eigenvalue weighted by atomic mass is 9.93. The largest absolute Gasteiger partial charge is 0.444 e. The quantitative estimate of drug-likeness (QED) is 0.850. The van der Waals surface area contributed by atoms with Crippen LogP contribution in [-0.4, -0.2) is 44.3 Å². The van der Waals surface area contributed by atoms with Gasteiger partial charge in [0.25, 0.3) is 5.56 Å². The molecule has 2 aliphatic rings. The molecule has 2 aromatic rings. The minimum atomic E-state index is -0.484. The molecule has 1 saturated heterocycles. The van der Waals surface area contributed by atoms with Crippen LogP contribution in [0.3, 0.4) is 0 Å². The number of amides is 1. The number of carbonyl (C=O) groups excluding carboxylic acids is 1. The summed E-state index contributed by atoms with van der Waals surface area (Å²) in [6, 6.07) is 1.67. The van der Waals surface area contributed by atoms with Crippen molar-refractivity contribution in [2.75, 3.05) is 13.1 Å². The van der Waals surface area contributed by atoms with Crippen LogP contribution < -0.4 is 5.56 Å². The molecule has 3 heterocycles. The van der Waals surface area contributed by atoms with Gasteiger partial charge in [-0.1, -0.05) is 0 Å². The lowest BCUT2D eigenvalue weighted by molar-refractivity contribution is 0.0203. The summed E-state index contributed by atoms with van der Waals surface area (Å²) in [6.07, 6.45) is 4.43. The minimum absolute atomic E-state index is 0.0725. The minimum Gasteiger partial charge on any atom is -0.444 e. The number of likely N-dealkylation sites (tertiary alicyclic amines) is 1. The average Bonchev–Trinajstić information content (AvgIpc) is 3.14. The molecule has 140 valence electrons. The molecular weight excluding hydrogens is 332 g/mol. The fourth-order valence-electron chi connectivity index (χ4n) is 4.03. The molecule has 0 saturated carbocycles. The van der Waals surface area contributed by atoms with Gasteiger partial charge in [-0.15, -0.1) is 0 Å². The Bertz CT molecular complexity index is 898. The third-order valence-electron chi connectivity index (χ3n) is 5.24. The second kappa shape index (κ2) is 6.14. The van der Waals surface area contributed by atoms with Crippen molar-refractivity contribution < 1.29 is 9.53 Å². The fourth-order valence-corrected chi connectivity index (χ4v) is 4.03. The number of nitrogens with one attached hydrogen (secondary N) is 1. The first-order valence-corrected chi connectivity index (χ1v) is 9.43. The van der Waals surface area contributed by atoms with Gasteiger partial charge in [-0.3, -0.25) is 4.79 Å². The maximum absolute atomic E-state index is 12.2. The van der Waals surface area contributed by atoms with Gasteiger partial charge in [0.1, 0.15) is 11.2 Å². The van der Waals surface area contributed by atoms with E-state index in [4.69, 9.17) is 9.84 Å². The molecular formula is C19H26N4O3. The van der Waals surface area contributed by atoms with Gasteiger partial charge in [0.15, 0.2) is 0 Å². The van der Waals surface area contributed by atoms with Crippen LogP contribution in [0.2, 0.25) is 0 Å². The maximum Gasteiger partial charge on any atom is 0.410 e. The van der Waals surface area contributed by atoms with E-state index in [1.807, 2.05) is 25.3 Å². The predicted octanol–water partition coefficient (Wildman–Crippen LogP) is 2.63. The molecule has 26 heavy (non-hydrogen) atoms. The molecule has 1 N–H and O–H groups in total. The van der Waals surface area contributed by atoms with Crippen molar-refractivity contribution in [2.24, 2.45) is 0 Å². The van der Waals surface area contributed by atoms with E-state index in [2.05, 4.69) is 4.98 Å². The zero-order valence-electron chi connectivity index (χ0n) is 15.7. The van der Waals surface area contributed by atoms with Gasteiger partial charge in [0, 0.05) is 30.6 Å². The molecule has 0 spiro atoms. The van der Waals surface area contributed by atoms with Crippen LogP contribution in [0.25, 0.3) is 5.65 Å². The molecule has 1 aliphatic carbocycles. The standard InChI is InChI=1S/C19H26N4O3/c1-19(2,3)26-18(25)22-9-7-12(8-10-22)15-11-16(24)20-17-13-5-4-6-14(13)21-23(15)17/h11-12H,4-10H2,1-3H3,(H,20,24). The van der Waals surface area contributed by atoms with Crippen molar-refractivity contribution in [1.29, 1.82) is 0 Å². The average molecular weight is 358 g/mol. The lowest BCUT2D eigenvalue weighted by Crippen LogP contribution is -2.41. The van der Waals surface area contributed by atoms with Crippen LogP contribution in [0.15, 0.2) is 10.9 Å². The number of nitrogens with zero attached hydrogens (tertiary/aromatic N) is 3. The van der Waals surface area contributed by atoms with Crippen LogP contribution in [0.5, 0.6) is 0 Å². The predicted molar refractivity (Wildman–Crippen MR) is 97.6 cm³/mol. The second-order valence-corrected chi connectivity index (χ2v) is 8.34.